The van der Waals surface area contributed by atoms with Crippen LogP contribution in [0.4, 0.5) is 0 Å². The van der Waals surface area contributed by atoms with E-state index in [-0.39, 0.29) is 6.10 Å². The molecule has 1 aliphatic rings. The Kier molecular flexibility index (Phi) is 3.06. The van der Waals surface area contributed by atoms with Gasteiger partial charge in [-0.2, -0.15) is 0 Å². The van der Waals surface area contributed by atoms with E-state index in [1.54, 1.807) is 0 Å². The van der Waals surface area contributed by atoms with Crippen molar-refractivity contribution in [3.05, 3.63) is 10.4 Å². The van der Waals surface area contributed by atoms with Crippen LogP contribution in [0.3, 0.4) is 0 Å². The van der Waals surface area contributed by atoms with Crippen LogP contribution < -0.4 is 0 Å². The summed E-state index contributed by atoms with van der Waals surface area (Å²) in [5.74, 6) is 0. The second kappa shape index (κ2) is 4.14. The Hall–Kier alpha value is -0.730. The van der Waals surface area contributed by atoms with E-state index in [0.29, 0.717) is 6.54 Å². The Balaban J connectivity index is 2.19. The normalized spacial score (nSPS) is 25.4. The number of hydrogen-bond acceptors (Lipinski definition) is 2. The van der Waals surface area contributed by atoms with Crippen molar-refractivity contribution in [3.8, 4) is 0 Å². The molecule has 4 nitrogen and oxygen atoms in total. The monoisotopic (exact) mass is 141 g/mol. The molecule has 0 aromatic rings. The fraction of sp³-hybridized carbons (Fsp3) is 1.00. The number of nitrogens with zero attached hydrogens (tertiary/aromatic N) is 3. The molecule has 0 saturated carbocycles. The molecule has 1 fully saturated rings. The Morgan fingerprint density at radius 1 is 1.60 bits per heavy atom. The maximum absolute atomic E-state index is 8.00. The molecular formula is C6H11N3O. The van der Waals surface area contributed by atoms with E-state index in [4.69, 9.17) is 10.3 Å². The Bertz CT molecular complexity index is 136. The molecule has 1 atom stereocenters. The lowest BCUT2D eigenvalue weighted by Gasteiger charge is -2.20. The van der Waals surface area contributed by atoms with Crippen molar-refractivity contribution in [1.82, 2.24) is 0 Å². The molecule has 1 heterocycles. The van der Waals surface area contributed by atoms with Crippen LogP contribution in [0.25, 0.3) is 10.4 Å². The lowest BCUT2D eigenvalue weighted by Crippen LogP contribution is -2.21. The summed E-state index contributed by atoms with van der Waals surface area (Å²) < 4.78 is 5.32. The molecule has 0 amide bonds. The molecule has 0 aliphatic carbocycles. The minimum absolute atomic E-state index is 0.185. The van der Waals surface area contributed by atoms with Crippen LogP contribution in [0.2, 0.25) is 0 Å². The summed E-state index contributed by atoms with van der Waals surface area (Å²) in [5, 5.41) is 3.45. The highest BCUT2D eigenvalue weighted by molar-refractivity contribution is 4.65. The first kappa shape index (κ1) is 7.38. The molecule has 4 heteroatoms. The zero-order valence-electron chi connectivity index (χ0n) is 5.86. The summed E-state index contributed by atoms with van der Waals surface area (Å²) in [6.07, 6.45) is 3.57. The molecule has 10 heavy (non-hydrogen) atoms. The molecule has 0 unspecified atom stereocenters. The van der Waals surface area contributed by atoms with Crippen LogP contribution in [0.1, 0.15) is 19.3 Å². The smallest absolute Gasteiger partial charge is 0.0631 e. The molecule has 0 aromatic carbocycles. The Labute approximate surface area is 59.8 Å². The molecule has 1 rings (SSSR count). The van der Waals surface area contributed by atoms with Crippen molar-refractivity contribution in [2.75, 3.05) is 13.2 Å². The van der Waals surface area contributed by atoms with Gasteiger partial charge in [0.15, 0.2) is 0 Å². The topological polar surface area (TPSA) is 58.0 Å². The van der Waals surface area contributed by atoms with Crippen molar-refractivity contribution in [1.29, 1.82) is 0 Å². The molecule has 1 saturated heterocycles. The first-order valence-corrected chi connectivity index (χ1v) is 3.56. The van der Waals surface area contributed by atoms with Gasteiger partial charge in [0.1, 0.15) is 0 Å². The predicted molar refractivity (Wildman–Crippen MR) is 37.6 cm³/mol. The van der Waals surface area contributed by atoms with Gasteiger partial charge in [-0.25, -0.2) is 0 Å². The molecular weight excluding hydrogens is 130 g/mol. The second-order valence-corrected chi connectivity index (χ2v) is 2.40. The molecule has 0 N–H and O–H groups in total. The quantitative estimate of drug-likeness (QED) is 0.329. The predicted octanol–water partition coefficient (Wildman–Crippen LogP) is 1.87. The van der Waals surface area contributed by atoms with Gasteiger partial charge >= 0.3 is 0 Å². The third kappa shape index (κ3) is 2.25. The lowest BCUT2D eigenvalue weighted by atomic mass is 10.1. The van der Waals surface area contributed by atoms with Gasteiger partial charge in [0.05, 0.1) is 12.6 Å². The number of rotatable bonds is 2. The van der Waals surface area contributed by atoms with Gasteiger partial charge in [-0.3, -0.25) is 0 Å². The van der Waals surface area contributed by atoms with Gasteiger partial charge in [0.2, 0.25) is 0 Å². The standard InChI is InChI=1S/C6H11N3O/c7-9-8-5-6-3-1-2-4-10-6/h6H,1-5H2/t6-/m1/s1. The second-order valence-electron chi connectivity index (χ2n) is 2.40. The van der Waals surface area contributed by atoms with Gasteiger partial charge in [-0.1, -0.05) is 5.11 Å². The highest BCUT2D eigenvalue weighted by Crippen LogP contribution is 2.12. The molecule has 0 aromatic heterocycles. The zero-order valence-corrected chi connectivity index (χ0v) is 5.86. The minimum atomic E-state index is 0.185. The zero-order chi connectivity index (χ0) is 7.23. The summed E-state index contributed by atoms with van der Waals surface area (Å²) in [5.41, 5.74) is 8.00. The summed E-state index contributed by atoms with van der Waals surface area (Å²) in [6.45, 7) is 1.32. The van der Waals surface area contributed by atoms with Crippen molar-refractivity contribution in [3.63, 3.8) is 0 Å². The van der Waals surface area contributed by atoms with Gasteiger partial charge in [-0.05, 0) is 24.8 Å². The first-order chi connectivity index (χ1) is 4.93. The van der Waals surface area contributed by atoms with E-state index in [9.17, 15) is 0 Å². The van der Waals surface area contributed by atoms with Crippen molar-refractivity contribution in [2.24, 2.45) is 5.11 Å². The average Bonchev–Trinajstić information content (AvgIpc) is 2.03. The molecule has 0 spiro atoms. The third-order valence-electron chi connectivity index (χ3n) is 1.62. The largest absolute Gasteiger partial charge is 0.378 e. The van der Waals surface area contributed by atoms with Crippen LogP contribution >= 0.6 is 0 Å². The van der Waals surface area contributed by atoms with Crippen LogP contribution in [0.5, 0.6) is 0 Å². The maximum Gasteiger partial charge on any atom is 0.0631 e. The minimum Gasteiger partial charge on any atom is -0.378 e. The van der Waals surface area contributed by atoms with E-state index in [1.807, 2.05) is 0 Å². The number of azide groups is 1. The van der Waals surface area contributed by atoms with E-state index in [1.165, 1.54) is 6.42 Å². The summed E-state index contributed by atoms with van der Waals surface area (Å²) >= 11 is 0. The molecule has 0 bridgehead atoms. The highest BCUT2D eigenvalue weighted by Gasteiger charge is 2.11. The Morgan fingerprint density at radius 3 is 3.10 bits per heavy atom. The van der Waals surface area contributed by atoms with Crippen LogP contribution in [-0.2, 0) is 4.74 Å². The van der Waals surface area contributed by atoms with Gasteiger partial charge < -0.3 is 4.74 Å². The maximum atomic E-state index is 8.00. The van der Waals surface area contributed by atoms with E-state index >= 15 is 0 Å². The van der Waals surface area contributed by atoms with Gasteiger partial charge in [0, 0.05) is 11.5 Å². The summed E-state index contributed by atoms with van der Waals surface area (Å²) in [7, 11) is 0. The third-order valence-corrected chi connectivity index (χ3v) is 1.62. The lowest BCUT2D eigenvalue weighted by molar-refractivity contribution is 0.0222. The van der Waals surface area contributed by atoms with Crippen LogP contribution in [0, 0.1) is 0 Å². The average molecular weight is 141 g/mol. The van der Waals surface area contributed by atoms with Gasteiger partial charge in [-0.15, -0.1) is 0 Å². The molecule has 56 valence electrons. The fourth-order valence-corrected chi connectivity index (χ4v) is 1.08. The summed E-state index contributed by atoms with van der Waals surface area (Å²) in [4.78, 5) is 2.67. The van der Waals surface area contributed by atoms with Crippen LogP contribution in [-0.4, -0.2) is 19.3 Å². The van der Waals surface area contributed by atoms with Crippen LogP contribution in [0.15, 0.2) is 5.11 Å². The van der Waals surface area contributed by atoms with Crippen molar-refractivity contribution >= 4 is 0 Å². The van der Waals surface area contributed by atoms with Crippen molar-refractivity contribution < 1.29 is 4.74 Å². The van der Waals surface area contributed by atoms with E-state index in [2.05, 4.69) is 10.0 Å². The highest BCUT2D eigenvalue weighted by atomic mass is 16.5. The molecule has 0 radical (unpaired) electrons. The number of hydrogen-bond donors (Lipinski definition) is 0. The van der Waals surface area contributed by atoms with E-state index in [0.717, 1.165) is 19.4 Å². The fourth-order valence-electron chi connectivity index (χ4n) is 1.08. The SMILES string of the molecule is [N-]=[N+]=NC[C@H]1CCCCO1. The van der Waals surface area contributed by atoms with Crippen molar-refractivity contribution in [2.45, 2.75) is 25.4 Å². The first-order valence-electron chi connectivity index (χ1n) is 3.56. The molecule has 1 aliphatic heterocycles. The van der Waals surface area contributed by atoms with Gasteiger partial charge in [0.25, 0.3) is 0 Å². The number of ether oxygens (including phenoxy) is 1. The Morgan fingerprint density at radius 2 is 2.50 bits per heavy atom. The summed E-state index contributed by atoms with van der Waals surface area (Å²) in [6, 6.07) is 0. The van der Waals surface area contributed by atoms with E-state index < -0.39 is 0 Å².